The normalized spacial score (nSPS) is 14.8. The Kier molecular flexibility index (Phi) is 5.39. The van der Waals surface area contributed by atoms with Gasteiger partial charge in [0.05, 0.1) is 5.69 Å². The Morgan fingerprint density at radius 1 is 1.00 bits per heavy atom. The molecule has 1 fully saturated rings. The second kappa shape index (κ2) is 8.10. The molecule has 4 rings (SSSR count). The molecule has 0 atom stereocenters. The highest BCUT2D eigenvalue weighted by Crippen LogP contribution is 2.29. The molecule has 0 bridgehead atoms. The van der Waals surface area contributed by atoms with Crippen molar-refractivity contribution >= 4 is 22.9 Å². The van der Waals surface area contributed by atoms with Crippen molar-refractivity contribution in [1.82, 2.24) is 9.88 Å². The second-order valence-electron chi connectivity index (χ2n) is 6.91. The monoisotopic (exact) mass is 395 g/mol. The third-order valence-corrected chi connectivity index (χ3v) is 6.18. The maximum absolute atomic E-state index is 13.2. The molecule has 1 aliphatic heterocycles. The Morgan fingerprint density at radius 2 is 1.75 bits per heavy atom. The van der Waals surface area contributed by atoms with Crippen LogP contribution >= 0.6 is 11.3 Å². The maximum Gasteiger partial charge on any atom is 0.265 e. The molecule has 1 aliphatic rings. The van der Waals surface area contributed by atoms with Gasteiger partial charge in [0.15, 0.2) is 0 Å². The van der Waals surface area contributed by atoms with Gasteiger partial charge in [-0.2, -0.15) is 0 Å². The summed E-state index contributed by atoms with van der Waals surface area (Å²) in [5, 5.41) is 0.879. The molecule has 0 saturated carbocycles. The Morgan fingerprint density at radius 3 is 2.50 bits per heavy atom. The maximum atomic E-state index is 13.2. The Balaban J connectivity index is 1.48. The summed E-state index contributed by atoms with van der Waals surface area (Å²) in [6, 6.07) is 16.5. The van der Waals surface area contributed by atoms with Crippen molar-refractivity contribution in [3.63, 3.8) is 0 Å². The zero-order valence-electron chi connectivity index (χ0n) is 15.8. The summed E-state index contributed by atoms with van der Waals surface area (Å²) in [5.41, 5.74) is 2.82. The number of carbonyl (C=O) groups excluding carboxylic acids is 1. The van der Waals surface area contributed by atoms with E-state index in [0.29, 0.717) is 18.0 Å². The minimum Gasteiger partial charge on any atom is -0.370 e. The number of hydrogen-bond donors (Lipinski definition) is 0. The first-order valence-corrected chi connectivity index (χ1v) is 10.3. The van der Waals surface area contributed by atoms with E-state index < -0.39 is 0 Å². The number of benzene rings is 2. The van der Waals surface area contributed by atoms with Crippen LogP contribution in [0.2, 0.25) is 0 Å². The number of rotatable bonds is 3. The molecule has 0 unspecified atom stereocenters. The summed E-state index contributed by atoms with van der Waals surface area (Å²) in [5.74, 6) is -0.177. The largest absolute Gasteiger partial charge is 0.370 e. The summed E-state index contributed by atoms with van der Waals surface area (Å²) in [6.45, 7) is 4.86. The molecule has 1 amide bonds. The molecule has 0 spiro atoms. The van der Waals surface area contributed by atoms with Crippen molar-refractivity contribution in [2.24, 2.45) is 0 Å². The van der Waals surface area contributed by atoms with E-state index >= 15 is 0 Å². The predicted molar refractivity (Wildman–Crippen MR) is 111 cm³/mol. The SMILES string of the molecule is Cc1nc(-c2ccccc2)sc1C(=O)N1CCCN(c2ccc(F)cc2)CC1. The van der Waals surface area contributed by atoms with Crippen LogP contribution in [0.5, 0.6) is 0 Å². The molecular weight excluding hydrogens is 373 g/mol. The van der Waals surface area contributed by atoms with E-state index in [1.54, 1.807) is 12.1 Å². The molecule has 6 heteroatoms. The van der Waals surface area contributed by atoms with Gasteiger partial charge in [-0.15, -0.1) is 11.3 Å². The van der Waals surface area contributed by atoms with Gasteiger partial charge in [0, 0.05) is 37.4 Å². The van der Waals surface area contributed by atoms with E-state index in [2.05, 4.69) is 9.88 Å². The molecule has 2 heterocycles. The average molecular weight is 396 g/mol. The van der Waals surface area contributed by atoms with E-state index in [1.165, 1.54) is 23.5 Å². The first-order valence-electron chi connectivity index (χ1n) is 9.44. The van der Waals surface area contributed by atoms with Gasteiger partial charge in [-0.05, 0) is 37.6 Å². The van der Waals surface area contributed by atoms with Gasteiger partial charge in [-0.1, -0.05) is 30.3 Å². The van der Waals surface area contributed by atoms with Gasteiger partial charge in [-0.25, -0.2) is 9.37 Å². The molecule has 4 nitrogen and oxygen atoms in total. The lowest BCUT2D eigenvalue weighted by Gasteiger charge is -2.23. The van der Waals surface area contributed by atoms with Gasteiger partial charge in [-0.3, -0.25) is 4.79 Å². The van der Waals surface area contributed by atoms with E-state index in [-0.39, 0.29) is 11.7 Å². The number of carbonyl (C=O) groups is 1. The van der Waals surface area contributed by atoms with E-state index in [1.807, 2.05) is 42.2 Å². The number of anilines is 1. The van der Waals surface area contributed by atoms with Crippen LogP contribution in [0.4, 0.5) is 10.1 Å². The van der Waals surface area contributed by atoms with Crippen LogP contribution in [-0.2, 0) is 0 Å². The third kappa shape index (κ3) is 3.92. The Hall–Kier alpha value is -2.73. The summed E-state index contributed by atoms with van der Waals surface area (Å²) in [7, 11) is 0. The molecule has 144 valence electrons. The van der Waals surface area contributed by atoms with Crippen LogP contribution in [0, 0.1) is 12.7 Å². The average Bonchev–Trinajstić information content (AvgIpc) is 2.95. The molecule has 0 radical (unpaired) electrons. The quantitative estimate of drug-likeness (QED) is 0.650. The molecule has 1 saturated heterocycles. The van der Waals surface area contributed by atoms with E-state index in [4.69, 9.17) is 0 Å². The highest BCUT2D eigenvalue weighted by Gasteiger charge is 2.24. The van der Waals surface area contributed by atoms with Crippen molar-refractivity contribution in [3.05, 3.63) is 71.0 Å². The van der Waals surface area contributed by atoms with Crippen LogP contribution in [0.25, 0.3) is 10.6 Å². The first kappa shape index (κ1) is 18.6. The standard InChI is InChI=1S/C22H22FN3OS/c1-16-20(28-21(24-16)17-6-3-2-4-7-17)22(27)26-13-5-12-25(14-15-26)19-10-8-18(23)9-11-19/h2-4,6-11H,5,12-15H2,1H3. The molecule has 28 heavy (non-hydrogen) atoms. The van der Waals surface area contributed by atoms with Gasteiger partial charge in [0.2, 0.25) is 0 Å². The van der Waals surface area contributed by atoms with Crippen molar-refractivity contribution in [2.75, 3.05) is 31.1 Å². The zero-order valence-corrected chi connectivity index (χ0v) is 16.6. The molecule has 3 aromatic rings. The number of halogens is 1. The number of thiazole rings is 1. The van der Waals surface area contributed by atoms with Crippen LogP contribution in [0.3, 0.4) is 0 Å². The number of nitrogens with zero attached hydrogens (tertiary/aromatic N) is 3. The molecule has 1 aromatic heterocycles. The topological polar surface area (TPSA) is 36.4 Å². The van der Waals surface area contributed by atoms with Crippen LogP contribution in [-0.4, -0.2) is 42.0 Å². The summed E-state index contributed by atoms with van der Waals surface area (Å²) in [6.07, 6.45) is 0.881. The minimum absolute atomic E-state index is 0.0538. The lowest BCUT2D eigenvalue weighted by molar-refractivity contribution is 0.0771. The molecule has 0 N–H and O–H groups in total. The minimum atomic E-state index is -0.231. The molecular formula is C22H22FN3OS. The summed E-state index contributed by atoms with van der Waals surface area (Å²) >= 11 is 1.46. The highest BCUT2D eigenvalue weighted by molar-refractivity contribution is 7.17. The zero-order chi connectivity index (χ0) is 19.5. The summed E-state index contributed by atoms with van der Waals surface area (Å²) < 4.78 is 13.2. The third-order valence-electron chi connectivity index (χ3n) is 4.99. The second-order valence-corrected chi connectivity index (χ2v) is 7.91. The van der Waals surface area contributed by atoms with Crippen molar-refractivity contribution in [1.29, 1.82) is 0 Å². The fourth-order valence-electron chi connectivity index (χ4n) is 3.47. The van der Waals surface area contributed by atoms with E-state index in [9.17, 15) is 9.18 Å². The number of aromatic nitrogens is 1. The molecule has 0 aliphatic carbocycles. The van der Waals surface area contributed by atoms with Crippen LogP contribution in [0.15, 0.2) is 54.6 Å². The number of aryl methyl sites for hydroxylation is 1. The fourth-order valence-corrected chi connectivity index (χ4v) is 4.51. The lowest BCUT2D eigenvalue weighted by atomic mass is 10.2. The van der Waals surface area contributed by atoms with Gasteiger partial charge >= 0.3 is 0 Å². The molecule has 2 aromatic carbocycles. The Bertz CT molecular complexity index is 956. The van der Waals surface area contributed by atoms with Crippen LogP contribution in [0.1, 0.15) is 21.8 Å². The van der Waals surface area contributed by atoms with E-state index in [0.717, 1.165) is 41.5 Å². The lowest BCUT2D eigenvalue weighted by Crippen LogP contribution is -2.35. The van der Waals surface area contributed by atoms with Gasteiger partial charge in [0.1, 0.15) is 15.7 Å². The number of amides is 1. The number of hydrogen-bond acceptors (Lipinski definition) is 4. The summed E-state index contributed by atoms with van der Waals surface area (Å²) in [4.78, 5) is 22.6. The Labute approximate surface area is 168 Å². The van der Waals surface area contributed by atoms with Crippen molar-refractivity contribution in [3.8, 4) is 10.6 Å². The van der Waals surface area contributed by atoms with Crippen molar-refractivity contribution in [2.45, 2.75) is 13.3 Å². The van der Waals surface area contributed by atoms with Gasteiger partial charge in [0.25, 0.3) is 5.91 Å². The predicted octanol–water partition coefficient (Wildman–Crippen LogP) is 4.61. The highest BCUT2D eigenvalue weighted by atomic mass is 32.1. The fraction of sp³-hybridized carbons (Fsp3) is 0.273. The van der Waals surface area contributed by atoms with Gasteiger partial charge < -0.3 is 9.80 Å². The smallest absolute Gasteiger partial charge is 0.265 e. The van der Waals surface area contributed by atoms with Crippen LogP contribution < -0.4 is 4.90 Å². The first-order chi connectivity index (χ1) is 13.6. The van der Waals surface area contributed by atoms with Crippen molar-refractivity contribution < 1.29 is 9.18 Å².